The van der Waals surface area contributed by atoms with Crippen LogP contribution >= 0.6 is 0 Å². The van der Waals surface area contributed by atoms with Gasteiger partial charge in [0.2, 0.25) is 0 Å². The highest BCUT2D eigenvalue weighted by Gasteiger charge is 2.15. The number of rotatable bonds is 4. The summed E-state index contributed by atoms with van der Waals surface area (Å²) in [5.74, 6) is 0.0338. The largest absolute Gasteiger partial charge is 0.507 e. The molecule has 0 saturated carbocycles. The summed E-state index contributed by atoms with van der Waals surface area (Å²) in [7, 11) is 1.50. The van der Waals surface area contributed by atoms with E-state index in [1.54, 1.807) is 18.2 Å². The van der Waals surface area contributed by atoms with Gasteiger partial charge in [-0.05, 0) is 36.8 Å². The van der Waals surface area contributed by atoms with Gasteiger partial charge >= 0.3 is 0 Å². The van der Waals surface area contributed by atoms with E-state index in [-0.39, 0.29) is 23.3 Å². The minimum Gasteiger partial charge on any atom is -0.507 e. The van der Waals surface area contributed by atoms with E-state index in [1.807, 2.05) is 19.1 Å². The van der Waals surface area contributed by atoms with Crippen molar-refractivity contribution < 1.29 is 14.6 Å². The second-order valence-corrected chi connectivity index (χ2v) is 4.74. The Morgan fingerprint density at radius 2 is 1.90 bits per heavy atom. The number of phenols is 1. The highest BCUT2D eigenvalue weighted by Crippen LogP contribution is 2.24. The van der Waals surface area contributed by atoms with Gasteiger partial charge in [0.05, 0.1) is 18.7 Å². The van der Waals surface area contributed by atoms with Crippen molar-refractivity contribution >= 4 is 11.6 Å². The van der Waals surface area contributed by atoms with Gasteiger partial charge in [0.1, 0.15) is 11.5 Å². The number of ether oxygens (including phenoxy) is 1. The molecule has 1 unspecified atom stereocenters. The van der Waals surface area contributed by atoms with E-state index in [0.717, 1.165) is 5.56 Å². The third-order valence-electron chi connectivity index (χ3n) is 3.23. The van der Waals surface area contributed by atoms with Crippen LogP contribution in [0.25, 0.3) is 0 Å². The molecule has 0 bridgehead atoms. The number of hydrogen-bond acceptors (Lipinski definition) is 4. The number of methoxy groups -OCH3 is 1. The van der Waals surface area contributed by atoms with E-state index >= 15 is 0 Å². The predicted molar refractivity (Wildman–Crippen MR) is 81.4 cm³/mol. The second kappa shape index (κ2) is 6.17. The van der Waals surface area contributed by atoms with Crippen LogP contribution in [0.2, 0.25) is 0 Å². The first-order chi connectivity index (χ1) is 10.0. The molecule has 0 fully saturated rings. The standard InChI is InChI=1S/C16H18N2O3/c1-10(11-3-5-12(17)6-4-11)18-16(20)14-8-7-13(21-2)9-15(14)19/h3-10,19H,17H2,1-2H3,(H,18,20). The molecule has 0 aliphatic heterocycles. The summed E-state index contributed by atoms with van der Waals surface area (Å²) in [6, 6.07) is 11.6. The van der Waals surface area contributed by atoms with Crippen molar-refractivity contribution in [2.24, 2.45) is 0 Å². The lowest BCUT2D eigenvalue weighted by molar-refractivity contribution is 0.0937. The Labute approximate surface area is 123 Å². The Balaban J connectivity index is 2.12. The van der Waals surface area contributed by atoms with Gasteiger partial charge in [-0.25, -0.2) is 0 Å². The highest BCUT2D eigenvalue weighted by atomic mass is 16.5. The van der Waals surface area contributed by atoms with Crippen LogP contribution in [0.3, 0.4) is 0 Å². The van der Waals surface area contributed by atoms with Gasteiger partial charge in [-0.1, -0.05) is 12.1 Å². The van der Waals surface area contributed by atoms with Gasteiger partial charge in [0.25, 0.3) is 5.91 Å². The summed E-state index contributed by atoms with van der Waals surface area (Å²) in [4.78, 5) is 12.2. The normalized spacial score (nSPS) is 11.7. The summed E-state index contributed by atoms with van der Waals surface area (Å²) in [5, 5.41) is 12.7. The van der Waals surface area contributed by atoms with E-state index < -0.39 is 0 Å². The zero-order chi connectivity index (χ0) is 15.4. The molecule has 0 spiro atoms. The van der Waals surface area contributed by atoms with Crippen molar-refractivity contribution in [3.05, 3.63) is 53.6 Å². The van der Waals surface area contributed by atoms with Crippen molar-refractivity contribution in [3.63, 3.8) is 0 Å². The molecule has 0 aromatic heterocycles. The van der Waals surface area contributed by atoms with E-state index in [4.69, 9.17) is 10.5 Å². The number of anilines is 1. The monoisotopic (exact) mass is 286 g/mol. The molecule has 1 amide bonds. The second-order valence-electron chi connectivity index (χ2n) is 4.74. The molecule has 4 N–H and O–H groups in total. The Kier molecular flexibility index (Phi) is 4.33. The molecule has 1 atom stereocenters. The maximum atomic E-state index is 12.2. The maximum absolute atomic E-state index is 12.2. The van der Waals surface area contributed by atoms with Crippen molar-refractivity contribution in [2.75, 3.05) is 12.8 Å². The average Bonchev–Trinajstić information content (AvgIpc) is 2.47. The molecule has 21 heavy (non-hydrogen) atoms. The van der Waals surface area contributed by atoms with Gasteiger partial charge in [-0.15, -0.1) is 0 Å². The first kappa shape index (κ1) is 14.7. The number of benzene rings is 2. The number of phenolic OH excluding ortho intramolecular Hbond substituents is 1. The molecule has 5 heteroatoms. The van der Waals surface area contributed by atoms with Gasteiger partial charge in [-0.3, -0.25) is 4.79 Å². The molecule has 110 valence electrons. The number of hydrogen-bond donors (Lipinski definition) is 3. The highest BCUT2D eigenvalue weighted by molar-refractivity contribution is 5.97. The molecule has 0 radical (unpaired) electrons. The number of carbonyl (C=O) groups is 1. The van der Waals surface area contributed by atoms with Gasteiger partial charge in [-0.2, -0.15) is 0 Å². The Hall–Kier alpha value is -2.69. The first-order valence-corrected chi connectivity index (χ1v) is 6.54. The van der Waals surface area contributed by atoms with Crippen molar-refractivity contribution in [2.45, 2.75) is 13.0 Å². The summed E-state index contributed by atoms with van der Waals surface area (Å²) in [6.45, 7) is 1.87. The third-order valence-corrected chi connectivity index (χ3v) is 3.23. The number of nitrogens with one attached hydrogen (secondary N) is 1. The quantitative estimate of drug-likeness (QED) is 0.754. The average molecular weight is 286 g/mol. The molecule has 0 aliphatic carbocycles. The van der Waals surface area contributed by atoms with E-state index in [9.17, 15) is 9.90 Å². The molecule has 0 aliphatic rings. The van der Waals surface area contributed by atoms with E-state index in [0.29, 0.717) is 11.4 Å². The Bertz CT molecular complexity index is 638. The molecule has 2 aromatic rings. The first-order valence-electron chi connectivity index (χ1n) is 6.54. The molecule has 0 heterocycles. The number of nitrogen functional groups attached to an aromatic ring is 1. The summed E-state index contributed by atoms with van der Waals surface area (Å²) < 4.78 is 4.99. The summed E-state index contributed by atoms with van der Waals surface area (Å²) in [6.07, 6.45) is 0. The van der Waals surface area contributed by atoms with Crippen LogP contribution in [0.4, 0.5) is 5.69 Å². The lowest BCUT2D eigenvalue weighted by Gasteiger charge is -2.15. The number of aromatic hydroxyl groups is 1. The Morgan fingerprint density at radius 1 is 1.24 bits per heavy atom. The van der Waals surface area contributed by atoms with Gasteiger partial charge in [0.15, 0.2) is 0 Å². The fraction of sp³-hybridized carbons (Fsp3) is 0.188. The molecule has 2 aromatic carbocycles. The van der Waals surface area contributed by atoms with Crippen LogP contribution in [-0.2, 0) is 0 Å². The van der Waals surface area contributed by atoms with Crippen LogP contribution in [0.15, 0.2) is 42.5 Å². The van der Waals surface area contributed by atoms with Crippen LogP contribution in [0.1, 0.15) is 28.9 Å². The molecular formula is C16H18N2O3. The number of amides is 1. The Morgan fingerprint density at radius 3 is 2.48 bits per heavy atom. The summed E-state index contributed by atoms with van der Waals surface area (Å²) in [5.41, 5.74) is 7.45. The van der Waals surface area contributed by atoms with E-state index in [2.05, 4.69) is 5.32 Å². The van der Waals surface area contributed by atoms with Crippen molar-refractivity contribution in [3.8, 4) is 11.5 Å². The molecule has 2 rings (SSSR count). The minimum atomic E-state index is -0.348. The molecule has 0 saturated heterocycles. The van der Waals surface area contributed by atoms with Gasteiger partial charge < -0.3 is 20.9 Å². The van der Waals surface area contributed by atoms with Crippen LogP contribution in [0.5, 0.6) is 11.5 Å². The van der Waals surface area contributed by atoms with E-state index in [1.165, 1.54) is 19.2 Å². The lowest BCUT2D eigenvalue weighted by atomic mass is 10.1. The zero-order valence-electron chi connectivity index (χ0n) is 12.0. The predicted octanol–water partition coefficient (Wildman–Crippen LogP) is 2.47. The number of nitrogens with two attached hydrogens (primary N) is 1. The van der Waals surface area contributed by atoms with Crippen LogP contribution in [-0.4, -0.2) is 18.1 Å². The maximum Gasteiger partial charge on any atom is 0.255 e. The SMILES string of the molecule is COc1ccc(C(=O)NC(C)c2ccc(N)cc2)c(O)c1. The van der Waals surface area contributed by atoms with Crippen LogP contribution in [0, 0.1) is 0 Å². The summed E-state index contributed by atoms with van der Waals surface area (Å²) >= 11 is 0. The minimum absolute atomic E-state index is 0.114. The van der Waals surface area contributed by atoms with Crippen molar-refractivity contribution in [1.82, 2.24) is 5.32 Å². The topological polar surface area (TPSA) is 84.6 Å². The van der Waals surface area contributed by atoms with Gasteiger partial charge in [0, 0.05) is 11.8 Å². The van der Waals surface area contributed by atoms with Crippen molar-refractivity contribution in [1.29, 1.82) is 0 Å². The fourth-order valence-corrected chi connectivity index (χ4v) is 1.97. The fourth-order valence-electron chi connectivity index (χ4n) is 1.97. The smallest absolute Gasteiger partial charge is 0.255 e. The molecule has 5 nitrogen and oxygen atoms in total. The zero-order valence-corrected chi connectivity index (χ0v) is 12.0. The molecular weight excluding hydrogens is 268 g/mol. The van der Waals surface area contributed by atoms with Crippen LogP contribution < -0.4 is 15.8 Å². The number of carbonyl (C=O) groups excluding carboxylic acids is 1. The third kappa shape index (κ3) is 3.45. The lowest BCUT2D eigenvalue weighted by Crippen LogP contribution is -2.26.